The summed E-state index contributed by atoms with van der Waals surface area (Å²) < 4.78 is 31.0. The monoisotopic (exact) mass is 550 g/mol. The standard InChI is InChI=1S/C27H22N2O7S2/c1-19-11-12-21(29(32)33)18-20(19)8-4-3-7-17-27(25(30)28-26(31)37-27)38(34,35)24-15-13-23(14-16-24)36-22-9-5-2-6-10-22/h2,5-6,9-16,18H,3,7,17H2,1H3,(H,28,30,31). The van der Waals surface area contributed by atoms with Crippen molar-refractivity contribution in [2.75, 3.05) is 0 Å². The van der Waals surface area contributed by atoms with E-state index in [1.807, 2.05) is 6.07 Å². The van der Waals surface area contributed by atoms with Gasteiger partial charge in [0.25, 0.3) is 16.8 Å². The van der Waals surface area contributed by atoms with Crippen molar-refractivity contribution in [3.05, 3.63) is 94.0 Å². The molecule has 0 bridgehead atoms. The molecule has 0 spiro atoms. The van der Waals surface area contributed by atoms with Crippen molar-refractivity contribution in [1.82, 2.24) is 5.32 Å². The number of hydrogen-bond donors (Lipinski definition) is 1. The zero-order valence-corrected chi connectivity index (χ0v) is 21.8. The van der Waals surface area contributed by atoms with E-state index in [9.17, 15) is 28.1 Å². The molecule has 1 saturated heterocycles. The summed E-state index contributed by atoms with van der Waals surface area (Å²) >= 11 is 0.450. The largest absolute Gasteiger partial charge is 0.457 e. The Labute approximate surface area is 223 Å². The molecule has 1 aliphatic rings. The average molecular weight is 551 g/mol. The van der Waals surface area contributed by atoms with Crippen LogP contribution in [0.3, 0.4) is 0 Å². The smallest absolute Gasteiger partial charge is 0.287 e. The lowest BCUT2D eigenvalue weighted by atomic mass is 10.1. The number of imide groups is 1. The molecule has 1 N–H and O–H groups in total. The van der Waals surface area contributed by atoms with Crippen molar-refractivity contribution >= 4 is 38.4 Å². The number of sulfone groups is 1. The minimum Gasteiger partial charge on any atom is -0.457 e. The van der Waals surface area contributed by atoms with Crippen LogP contribution >= 0.6 is 11.8 Å². The third-order valence-electron chi connectivity index (χ3n) is 5.83. The molecule has 11 heteroatoms. The Bertz CT molecular complexity index is 1560. The fourth-order valence-electron chi connectivity index (χ4n) is 3.81. The van der Waals surface area contributed by atoms with Crippen molar-refractivity contribution in [2.45, 2.75) is 35.2 Å². The van der Waals surface area contributed by atoms with E-state index in [0.717, 1.165) is 5.56 Å². The van der Waals surface area contributed by atoms with Crippen LogP contribution in [0.1, 0.15) is 30.4 Å². The van der Waals surface area contributed by atoms with Crippen molar-refractivity contribution in [3.63, 3.8) is 0 Å². The van der Waals surface area contributed by atoms with Gasteiger partial charge in [0.1, 0.15) is 11.5 Å². The van der Waals surface area contributed by atoms with Crippen molar-refractivity contribution < 1.29 is 27.7 Å². The van der Waals surface area contributed by atoms with Crippen molar-refractivity contribution in [1.29, 1.82) is 0 Å². The van der Waals surface area contributed by atoms with E-state index < -0.39 is 30.0 Å². The number of carbonyl (C=O) groups excluding carboxylic acids is 2. The Morgan fingerprint density at radius 2 is 1.71 bits per heavy atom. The summed E-state index contributed by atoms with van der Waals surface area (Å²) in [7, 11) is -4.28. The number of nitro benzene ring substituents is 1. The maximum Gasteiger partial charge on any atom is 0.287 e. The molecular formula is C27H22N2O7S2. The second-order valence-electron chi connectivity index (χ2n) is 8.40. The van der Waals surface area contributed by atoms with Gasteiger partial charge in [0.05, 0.1) is 9.82 Å². The number of para-hydroxylation sites is 1. The Morgan fingerprint density at radius 1 is 1.03 bits per heavy atom. The first-order chi connectivity index (χ1) is 18.1. The lowest BCUT2D eigenvalue weighted by Crippen LogP contribution is -2.43. The van der Waals surface area contributed by atoms with Crippen molar-refractivity contribution in [3.8, 4) is 23.3 Å². The van der Waals surface area contributed by atoms with Gasteiger partial charge >= 0.3 is 0 Å². The molecule has 4 rings (SSSR count). The Hall–Kier alpha value is -4.14. The molecule has 1 aliphatic heterocycles. The molecule has 38 heavy (non-hydrogen) atoms. The Balaban J connectivity index is 1.52. The van der Waals surface area contributed by atoms with Gasteiger partial charge in [-0.1, -0.05) is 36.1 Å². The lowest BCUT2D eigenvalue weighted by Gasteiger charge is -2.24. The van der Waals surface area contributed by atoms with Crippen LogP contribution in [0.5, 0.6) is 11.5 Å². The van der Waals surface area contributed by atoms with Gasteiger partial charge in [0.15, 0.2) is 0 Å². The normalized spacial score (nSPS) is 16.9. The van der Waals surface area contributed by atoms with Crippen LogP contribution in [0.2, 0.25) is 0 Å². The second-order valence-corrected chi connectivity index (χ2v) is 12.1. The number of hydrogen-bond acceptors (Lipinski definition) is 8. The SMILES string of the molecule is Cc1ccc([N+](=O)[O-])cc1C#CCCCC1(S(=O)(=O)c2ccc(Oc3ccccc3)cc2)SC(=O)NC1=O. The summed E-state index contributed by atoms with van der Waals surface area (Å²) in [5.74, 6) is 5.86. The highest BCUT2D eigenvalue weighted by molar-refractivity contribution is 8.25. The predicted molar refractivity (Wildman–Crippen MR) is 143 cm³/mol. The van der Waals surface area contributed by atoms with Gasteiger partial charge < -0.3 is 4.74 Å². The molecule has 1 fully saturated rings. The number of nitrogens with zero attached hydrogens (tertiary/aromatic N) is 1. The molecule has 0 aromatic heterocycles. The number of rotatable bonds is 8. The summed E-state index contributed by atoms with van der Waals surface area (Å²) in [4.78, 5) is 35.3. The molecule has 3 aromatic rings. The Kier molecular flexibility index (Phi) is 7.85. The first-order valence-corrected chi connectivity index (χ1v) is 13.8. The van der Waals surface area contributed by atoms with E-state index in [1.54, 1.807) is 37.3 Å². The second kappa shape index (κ2) is 11.1. The number of nitro groups is 1. The summed E-state index contributed by atoms with van der Waals surface area (Å²) in [6, 6.07) is 19.0. The first kappa shape index (κ1) is 26.9. The van der Waals surface area contributed by atoms with Gasteiger partial charge in [-0.05, 0) is 73.5 Å². The zero-order valence-electron chi connectivity index (χ0n) is 20.2. The van der Waals surface area contributed by atoms with E-state index >= 15 is 0 Å². The number of non-ortho nitro benzene ring substituents is 1. The molecule has 3 aromatic carbocycles. The highest BCUT2D eigenvalue weighted by Gasteiger charge is 2.57. The predicted octanol–water partition coefficient (Wildman–Crippen LogP) is 5.37. The first-order valence-electron chi connectivity index (χ1n) is 11.5. The highest BCUT2D eigenvalue weighted by atomic mass is 32.3. The van der Waals surface area contributed by atoms with E-state index in [-0.39, 0.29) is 29.8 Å². The minimum atomic E-state index is -4.28. The van der Waals surface area contributed by atoms with Crippen LogP contribution < -0.4 is 10.1 Å². The zero-order chi connectivity index (χ0) is 27.3. The van der Waals surface area contributed by atoms with Gasteiger partial charge in [-0.2, -0.15) is 0 Å². The number of unbranched alkanes of at least 4 members (excludes halogenated alkanes) is 1. The van der Waals surface area contributed by atoms with Crippen LogP contribution in [-0.2, 0) is 14.6 Å². The summed E-state index contributed by atoms with van der Waals surface area (Å²) in [6.45, 7) is 1.77. The number of aryl methyl sites for hydroxylation is 1. The maximum absolute atomic E-state index is 13.6. The van der Waals surface area contributed by atoms with E-state index in [4.69, 9.17) is 4.74 Å². The molecule has 0 saturated carbocycles. The molecule has 9 nitrogen and oxygen atoms in total. The summed E-state index contributed by atoms with van der Waals surface area (Å²) in [6.07, 6.45) is 0.261. The molecule has 2 amide bonds. The van der Waals surface area contributed by atoms with Gasteiger partial charge in [-0.15, -0.1) is 0 Å². The van der Waals surface area contributed by atoms with Crippen molar-refractivity contribution in [2.24, 2.45) is 0 Å². The highest BCUT2D eigenvalue weighted by Crippen LogP contribution is 2.44. The summed E-state index contributed by atoms with van der Waals surface area (Å²) in [5, 5.41) is 12.4. The molecule has 194 valence electrons. The molecule has 0 aliphatic carbocycles. The van der Waals surface area contributed by atoms with E-state index in [0.29, 0.717) is 28.8 Å². The van der Waals surface area contributed by atoms with Crippen LogP contribution in [0.25, 0.3) is 0 Å². The number of amides is 2. The maximum atomic E-state index is 13.6. The van der Waals surface area contributed by atoms with Gasteiger partial charge in [-0.25, -0.2) is 8.42 Å². The Morgan fingerprint density at radius 3 is 2.34 bits per heavy atom. The molecule has 0 radical (unpaired) electrons. The van der Waals surface area contributed by atoms with Crippen LogP contribution in [0, 0.1) is 28.9 Å². The molecule has 1 heterocycles. The summed E-state index contributed by atoms with van der Waals surface area (Å²) in [5.41, 5.74) is 1.17. The third kappa shape index (κ3) is 5.56. The van der Waals surface area contributed by atoms with Gasteiger partial charge in [0.2, 0.25) is 13.9 Å². The number of ether oxygens (including phenoxy) is 1. The van der Waals surface area contributed by atoms with Gasteiger partial charge in [-0.3, -0.25) is 25.0 Å². The molecule has 1 atom stereocenters. The topological polar surface area (TPSA) is 133 Å². The number of thioether (sulfide) groups is 1. The fourth-order valence-corrected chi connectivity index (χ4v) is 7.18. The molecule has 1 unspecified atom stereocenters. The van der Waals surface area contributed by atoms with E-state index in [2.05, 4.69) is 17.2 Å². The fraction of sp³-hybridized carbons (Fsp3) is 0.185. The minimum absolute atomic E-state index is 0.0809. The average Bonchev–Trinajstić information content (AvgIpc) is 3.19. The third-order valence-corrected chi connectivity index (χ3v) is 9.89. The molecular weight excluding hydrogens is 528 g/mol. The van der Waals surface area contributed by atoms with E-state index in [1.165, 1.54) is 36.4 Å². The van der Waals surface area contributed by atoms with Gasteiger partial charge in [0, 0.05) is 24.1 Å². The number of nitrogens with one attached hydrogen (secondary N) is 1. The van der Waals surface area contributed by atoms with Crippen LogP contribution in [0.15, 0.2) is 77.7 Å². The number of carbonyl (C=O) groups is 2. The number of benzene rings is 3. The van der Waals surface area contributed by atoms with Crippen LogP contribution in [-0.4, -0.2) is 28.6 Å². The van der Waals surface area contributed by atoms with Crippen LogP contribution in [0.4, 0.5) is 10.5 Å². The lowest BCUT2D eigenvalue weighted by molar-refractivity contribution is -0.384. The quantitative estimate of drug-likeness (QED) is 0.171.